The molecule has 2 aromatic rings. The fraction of sp³-hybridized carbons (Fsp3) is 0.350. The molecular weight excluding hydrogens is 412 g/mol. The van der Waals surface area contributed by atoms with Crippen LogP contribution in [0.25, 0.3) is 0 Å². The molecule has 0 aromatic heterocycles. The molecule has 29 heavy (non-hydrogen) atoms. The van der Waals surface area contributed by atoms with Crippen molar-refractivity contribution in [2.24, 2.45) is 0 Å². The second-order valence-electron chi connectivity index (χ2n) is 7.13. The highest BCUT2D eigenvalue weighted by Gasteiger charge is 2.25. The van der Waals surface area contributed by atoms with Crippen molar-refractivity contribution in [2.75, 3.05) is 24.7 Å². The normalized spacial score (nSPS) is 15.8. The molecule has 1 fully saturated rings. The molecule has 0 spiro atoms. The Morgan fingerprint density at radius 1 is 0.862 bits per heavy atom. The number of carbonyl (C=O) groups is 1. The minimum Gasteiger partial charge on any atom is -0.326 e. The fourth-order valence-corrected chi connectivity index (χ4v) is 5.36. The number of sulfonamides is 1. The Balaban J connectivity index is 1.62. The average molecular weight is 437 g/mol. The van der Waals surface area contributed by atoms with Crippen LogP contribution < -0.4 is 5.32 Å². The third kappa shape index (κ3) is 5.43. The van der Waals surface area contributed by atoms with Crippen molar-refractivity contribution in [3.8, 4) is 0 Å². The van der Waals surface area contributed by atoms with Crippen LogP contribution in [0, 0.1) is 0 Å². The summed E-state index contributed by atoms with van der Waals surface area (Å²) in [7, 11) is -6.77. The topological polar surface area (TPSA) is 101 Å². The van der Waals surface area contributed by atoms with Gasteiger partial charge >= 0.3 is 0 Å². The lowest BCUT2D eigenvalue weighted by Gasteiger charge is -2.25. The van der Waals surface area contributed by atoms with Crippen LogP contribution in [0.15, 0.2) is 58.3 Å². The Labute approximate surface area is 171 Å². The van der Waals surface area contributed by atoms with Crippen LogP contribution in [0.2, 0.25) is 0 Å². The molecule has 3 rings (SSSR count). The third-order valence-corrected chi connectivity index (χ3v) is 7.85. The molecule has 0 radical (unpaired) electrons. The first-order chi connectivity index (χ1) is 13.7. The smallest absolute Gasteiger partial charge is 0.243 e. The number of anilines is 1. The summed E-state index contributed by atoms with van der Waals surface area (Å²) in [4.78, 5) is 12.7. The molecule has 1 N–H and O–H groups in total. The van der Waals surface area contributed by atoms with Gasteiger partial charge < -0.3 is 5.32 Å². The summed E-state index contributed by atoms with van der Waals surface area (Å²) in [5.74, 6) is -0.274. The monoisotopic (exact) mass is 436 g/mol. The molecule has 1 aliphatic heterocycles. The van der Waals surface area contributed by atoms with Gasteiger partial charge in [-0.1, -0.05) is 18.6 Å². The van der Waals surface area contributed by atoms with E-state index in [0.29, 0.717) is 24.3 Å². The van der Waals surface area contributed by atoms with Crippen molar-refractivity contribution >= 4 is 31.5 Å². The predicted molar refractivity (Wildman–Crippen MR) is 111 cm³/mol. The molecule has 0 saturated carbocycles. The molecular formula is C20H24N2O5S2. The first kappa shape index (κ1) is 21.5. The van der Waals surface area contributed by atoms with E-state index in [4.69, 9.17) is 0 Å². The number of carbonyl (C=O) groups excluding carboxylic acids is 1. The molecule has 1 heterocycles. The molecule has 0 aliphatic carbocycles. The van der Waals surface area contributed by atoms with E-state index in [1.54, 1.807) is 12.1 Å². The minimum atomic E-state index is -3.49. The quantitative estimate of drug-likeness (QED) is 0.750. The van der Waals surface area contributed by atoms with Crippen LogP contribution in [-0.2, 0) is 31.1 Å². The van der Waals surface area contributed by atoms with Crippen LogP contribution in [0.5, 0.6) is 0 Å². The second-order valence-corrected chi connectivity index (χ2v) is 11.1. The van der Waals surface area contributed by atoms with Gasteiger partial charge in [0, 0.05) is 25.0 Å². The van der Waals surface area contributed by atoms with E-state index in [1.165, 1.54) is 40.7 Å². The maximum Gasteiger partial charge on any atom is 0.243 e. The number of benzene rings is 2. The molecule has 0 unspecified atom stereocenters. The number of hydrogen-bond donors (Lipinski definition) is 1. The summed E-state index contributed by atoms with van der Waals surface area (Å²) in [5.41, 5.74) is 1.18. The standard InChI is InChI=1S/C20H24N2O5S2/c1-28(24,25)18-11-7-17(8-12-18)21-20(23)15-16-5-9-19(10-6-16)29(26,27)22-13-3-2-4-14-22/h5-12H,2-4,13-15H2,1H3,(H,21,23). The molecule has 2 aromatic carbocycles. The largest absolute Gasteiger partial charge is 0.326 e. The van der Waals surface area contributed by atoms with Gasteiger partial charge in [-0.3, -0.25) is 4.79 Å². The maximum absolute atomic E-state index is 12.7. The van der Waals surface area contributed by atoms with Gasteiger partial charge in [-0.15, -0.1) is 0 Å². The van der Waals surface area contributed by atoms with Gasteiger partial charge in [0.1, 0.15) is 0 Å². The van der Waals surface area contributed by atoms with Crippen molar-refractivity contribution in [3.63, 3.8) is 0 Å². The molecule has 7 nitrogen and oxygen atoms in total. The summed E-state index contributed by atoms with van der Waals surface area (Å²) in [5, 5.41) is 2.71. The van der Waals surface area contributed by atoms with E-state index in [0.717, 1.165) is 25.5 Å². The summed E-state index contributed by atoms with van der Waals surface area (Å²) >= 11 is 0. The number of sulfone groups is 1. The Kier molecular flexibility index (Phi) is 6.40. The van der Waals surface area contributed by atoms with E-state index >= 15 is 0 Å². The van der Waals surface area contributed by atoms with Gasteiger partial charge in [0.2, 0.25) is 15.9 Å². The molecule has 9 heteroatoms. The van der Waals surface area contributed by atoms with Crippen molar-refractivity contribution in [1.29, 1.82) is 0 Å². The first-order valence-corrected chi connectivity index (χ1v) is 12.7. The lowest BCUT2D eigenvalue weighted by Crippen LogP contribution is -2.35. The second kappa shape index (κ2) is 8.64. The number of nitrogens with zero attached hydrogens (tertiary/aromatic N) is 1. The zero-order valence-corrected chi connectivity index (χ0v) is 17.8. The molecule has 156 valence electrons. The highest BCUT2D eigenvalue weighted by atomic mass is 32.2. The van der Waals surface area contributed by atoms with Gasteiger partial charge in [-0.05, 0) is 54.8 Å². The highest BCUT2D eigenvalue weighted by molar-refractivity contribution is 7.90. The number of amides is 1. The van der Waals surface area contributed by atoms with Gasteiger partial charge in [-0.2, -0.15) is 4.31 Å². The fourth-order valence-electron chi connectivity index (χ4n) is 3.21. The molecule has 0 atom stereocenters. The predicted octanol–water partition coefficient (Wildman–Crippen LogP) is 2.45. The SMILES string of the molecule is CS(=O)(=O)c1ccc(NC(=O)Cc2ccc(S(=O)(=O)N3CCCCC3)cc2)cc1. The van der Waals surface area contributed by atoms with Crippen molar-refractivity contribution < 1.29 is 21.6 Å². The molecule has 1 aliphatic rings. The maximum atomic E-state index is 12.7. The average Bonchev–Trinajstić information content (AvgIpc) is 2.69. The van der Waals surface area contributed by atoms with Crippen LogP contribution in [0.4, 0.5) is 5.69 Å². The van der Waals surface area contributed by atoms with E-state index in [9.17, 15) is 21.6 Å². The van der Waals surface area contributed by atoms with E-state index in [1.807, 2.05) is 0 Å². The zero-order valence-electron chi connectivity index (χ0n) is 16.2. The third-order valence-electron chi connectivity index (χ3n) is 4.81. The van der Waals surface area contributed by atoms with E-state index < -0.39 is 19.9 Å². The Hall–Kier alpha value is -2.23. The lowest BCUT2D eigenvalue weighted by atomic mass is 10.1. The summed E-state index contributed by atoms with van der Waals surface area (Å²) in [6, 6.07) is 12.3. The Morgan fingerprint density at radius 2 is 1.41 bits per heavy atom. The highest BCUT2D eigenvalue weighted by Crippen LogP contribution is 2.21. The minimum absolute atomic E-state index is 0.0812. The van der Waals surface area contributed by atoms with Crippen molar-refractivity contribution in [1.82, 2.24) is 4.31 Å². The Morgan fingerprint density at radius 3 is 1.97 bits per heavy atom. The van der Waals surface area contributed by atoms with Gasteiger partial charge in [0.15, 0.2) is 9.84 Å². The van der Waals surface area contributed by atoms with Gasteiger partial charge in [0.25, 0.3) is 0 Å². The number of rotatable bonds is 6. The number of piperidine rings is 1. The van der Waals surface area contributed by atoms with E-state index in [2.05, 4.69) is 5.32 Å². The van der Waals surface area contributed by atoms with Gasteiger partial charge in [0.05, 0.1) is 16.2 Å². The van der Waals surface area contributed by atoms with Gasteiger partial charge in [-0.25, -0.2) is 16.8 Å². The van der Waals surface area contributed by atoms with E-state index in [-0.39, 0.29) is 22.1 Å². The summed E-state index contributed by atoms with van der Waals surface area (Å²) < 4.78 is 49.8. The number of hydrogen-bond acceptors (Lipinski definition) is 5. The van der Waals surface area contributed by atoms with Crippen molar-refractivity contribution in [2.45, 2.75) is 35.5 Å². The van der Waals surface area contributed by atoms with Crippen LogP contribution in [0.1, 0.15) is 24.8 Å². The molecule has 1 saturated heterocycles. The first-order valence-electron chi connectivity index (χ1n) is 9.35. The van der Waals surface area contributed by atoms with Crippen molar-refractivity contribution in [3.05, 3.63) is 54.1 Å². The zero-order chi connectivity index (χ0) is 21.1. The number of nitrogens with one attached hydrogen (secondary N) is 1. The van der Waals surface area contributed by atoms with Crippen LogP contribution >= 0.6 is 0 Å². The van der Waals surface area contributed by atoms with Crippen LogP contribution in [-0.4, -0.2) is 46.4 Å². The molecule has 0 bridgehead atoms. The molecule has 1 amide bonds. The lowest BCUT2D eigenvalue weighted by molar-refractivity contribution is -0.115. The van der Waals surface area contributed by atoms with Crippen LogP contribution in [0.3, 0.4) is 0 Å². The summed E-state index contributed by atoms with van der Waals surface area (Å²) in [6.45, 7) is 1.09. The summed E-state index contributed by atoms with van der Waals surface area (Å²) in [6.07, 6.45) is 4.01. The Bertz CT molecular complexity index is 1070.